The van der Waals surface area contributed by atoms with Gasteiger partial charge in [-0.3, -0.25) is 0 Å². The number of hydrogen-bond donors (Lipinski definition) is 2. The number of nitrogens with zero attached hydrogens (tertiary/aromatic N) is 1. The van der Waals surface area contributed by atoms with E-state index >= 15 is 0 Å². The molecular formula is C13H14F3N3. The number of H-pyrrole nitrogens is 1. The van der Waals surface area contributed by atoms with E-state index in [1.807, 2.05) is 0 Å². The molecule has 2 aromatic rings. The molecule has 0 bridgehead atoms. The molecule has 1 aromatic carbocycles. The van der Waals surface area contributed by atoms with Crippen LogP contribution < -0.4 is 5.32 Å². The first kappa shape index (κ1) is 13.6. The van der Waals surface area contributed by atoms with Crippen LogP contribution in [0.25, 0.3) is 0 Å². The molecule has 6 heteroatoms. The maximum atomic E-state index is 12.7. The smallest absolute Gasteiger partial charge is 0.349 e. The van der Waals surface area contributed by atoms with Crippen molar-refractivity contribution >= 4 is 0 Å². The van der Waals surface area contributed by atoms with Gasteiger partial charge in [0.1, 0.15) is 5.82 Å². The zero-order chi connectivity index (χ0) is 13.9. The Morgan fingerprint density at radius 2 is 2.16 bits per heavy atom. The van der Waals surface area contributed by atoms with Crippen molar-refractivity contribution in [2.45, 2.75) is 18.6 Å². The molecule has 0 amide bonds. The number of alkyl halides is 3. The fourth-order valence-corrected chi connectivity index (χ4v) is 1.92. The fourth-order valence-electron chi connectivity index (χ4n) is 1.92. The van der Waals surface area contributed by atoms with E-state index in [1.54, 1.807) is 25.5 Å². The number of benzene rings is 1. The van der Waals surface area contributed by atoms with Crippen LogP contribution in [0.1, 0.15) is 23.0 Å². The Morgan fingerprint density at radius 1 is 1.37 bits per heavy atom. The molecule has 0 aliphatic carbocycles. The number of nitrogens with one attached hydrogen (secondary N) is 2. The predicted octanol–water partition coefficient (Wildman–Crippen LogP) is 2.93. The number of aromatic nitrogens is 2. The molecule has 1 atom stereocenters. The van der Waals surface area contributed by atoms with Crippen LogP contribution in [0.5, 0.6) is 0 Å². The first-order valence-electron chi connectivity index (χ1n) is 5.83. The van der Waals surface area contributed by atoms with E-state index in [9.17, 15) is 13.2 Å². The third-order valence-electron chi connectivity index (χ3n) is 2.92. The zero-order valence-corrected chi connectivity index (χ0v) is 10.3. The molecule has 2 rings (SSSR count). The third-order valence-corrected chi connectivity index (χ3v) is 2.92. The van der Waals surface area contributed by atoms with Crippen LogP contribution in [0.4, 0.5) is 13.2 Å². The molecule has 1 heterocycles. The van der Waals surface area contributed by atoms with Crippen molar-refractivity contribution in [3.63, 3.8) is 0 Å². The second-order valence-electron chi connectivity index (χ2n) is 4.20. The van der Waals surface area contributed by atoms with Crippen LogP contribution >= 0.6 is 0 Å². The zero-order valence-electron chi connectivity index (χ0n) is 10.3. The molecule has 1 unspecified atom stereocenters. The van der Waals surface area contributed by atoms with E-state index < -0.39 is 11.7 Å². The molecule has 19 heavy (non-hydrogen) atoms. The molecule has 0 radical (unpaired) electrons. The summed E-state index contributed by atoms with van der Waals surface area (Å²) in [5, 5.41) is 3.01. The minimum absolute atomic E-state index is 0.214. The van der Waals surface area contributed by atoms with Crippen molar-refractivity contribution in [2.24, 2.45) is 0 Å². The average molecular weight is 269 g/mol. The van der Waals surface area contributed by atoms with Gasteiger partial charge in [0.15, 0.2) is 0 Å². The van der Waals surface area contributed by atoms with Gasteiger partial charge in [-0.25, -0.2) is 4.98 Å². The Hall–Kier alpha value is -1.82. The molecule has 1 aromatic heterocycles. The van der Waals surface area contributed by atoms with Gasteiger partial charge in [-0.05, 0) is 24.7 Å². The van der Waals surface area contributed by atoms with Crippen LogP contribution in [0.2, 0.25) is 0 Å². The standard InChI is InChI=1S/C13H14F3N3/c1-17-11(8-12-18-5-6-19-12)9-3-2-4-10(7-9)13(14,15)16/h2-7,11,17H,8H2,1H3,(H,18,19). The maximum absolute atomic E-state index is 12.7. The summed E-state index contributed by atoms with van der Waals surface area (Å²) in [6.07, 6.45) is -0.508. The lowest BCUT2D eigenvalue weighted by atomic mass is 10.0. The highest BCUT2D eigenvalue weighted by atomic mass is 19.4. The van der Waals surface area contributed by atoms with Crippen LogP contribution in [0.3, 0.4) is 0 Å². The molecule has 0 spiro atoms. The summed E-state index contributed by atoms with van der Waals surface area (Å²) in [6.45, 7) is 0. The summed E-state index contributed by atoms with van der Waals surface area (Å²) in [6, 6.07) is 5.13. The highest BCUT2D eigenvalue weighted by Crippen LogP contribution is 2.31. The topological polar surface area (TPSA) is 40.7 Å². The Kier molecular flexibility index (Phi) is 3.90. The molecule has 0 aliphatic heterocycles. The lowest BCUT2D eigenvalue weighted by Crippen LogP contribution is -2.20. The van der Waals surface area contributed by atoms with Crippen molar-refractivity contribution in [1.82, 2.24) is 15.3 Å². The largest absolute Gasteiger partial charge is 0.416 e. The van der Waals surface area contributed by atoms with Gasteiger partial charge < -0.3 is 10.3 Å². The van der Waals surface area contributed by atoms with Gasteiger partial charge in [0.25, 0.3) is 0 Å². The van der Waals surface area contributed by atoms with E-state index in [-0.39, 0.29) is 6.04 Å². The number of likely N-dealkylation sites (N-methyl/N-ethyl adjacent to an activating group) is 1. The predicted molar refractivity (Wildman–Crippen MR) is 65.5 cm³/mol. The minimum atomic E-state index is -4.32. The molecule has 3 nitrogen and oxygen atoms in total. The van der Waals surface area contributed by atoms with Crippen molar-refractivity contribution in [3.8, 4) is 0 Å². The van der Waals surface area contributed by atoms with E-state index in [1.165, 1.54) is 12.1 Å². The highest BCUT2D eigenvalue weighted by molar-refractivity contribution is 5.28. The van der Waals surface area contributed by atoms with E-state index in [2.05, 4.69) is 15.3 Å². The minimum Gasteiger partial charge on any atom is -0.349 e. The SMILES string of the molecule is CNC(Cc1ncc[nH]1)c1cccc(C(F)(F)F)c1. The van der Waals surface area contributed by atoms with Gasteiger partial charge in [-0.15, -0.1) is 0 Å². The van der Waals surface area contributed by atoms with Crippen LogP contribution in [-0.4, -0.2) is 17.0 Å². The van der Waals surface area contributed by atoms with E-state index in [0.717, 1.165) is 11.9 Å². The van der Waals surface area contributed by atoms with Gasteiger partial charge in [-0.2, -0.15) is 13.2 Å². The maximum Gasteiger partial charge on any atom is 0.416 e. The van der Waals surface area contributed by atoms with Crippen LogP contribution in [0.15, 0.2) is 36.7 Å². The Balaban J connectivity index is 2.23. The number of imidazole rings is 1. The summed E-state index contributed by atoms with van der Waals surface area (Å²) in [4.78, 5) is 7.03. The molecule has 0 saturated carbocycles. The molecular weight excluding hydrogens is 255 g/mol. The fraction of sp³-hybridized carbons (Fsp3) is 0.308. The van der Waals surface area contributed by atoms with Crippen LogP contribution in [-0.2, 0) is 12.6 Å². The Morgan fingerprint density at radius 3 is 2.74 bits per heavy atom. The lowest BCUT2D eigenvalue weighted by molar-refractivity contribution is -0.137. The number of halogens is 3. The van der Waals surface area contributed by atoms with Gasteiger partial charge in [-0.1, -0.05) is 12.1 Å². The van der Waals surface area contributed by atoms with Crippen molar-refractivity contribution < 1.29 is 13.2 Å². The summed E-state index contributed by atoms with van der Waals surface area (Å²) >= 11 is 0. The summed E-state index contributed by atoms with van der Waals surface area (Å²) < 4.78 is 38.0. The van der Waals surface area contributed by atoms with Gasteiger partial charge in [0.05, 0.1) is 5.56 Å². The molecule has 102 valence electrons. The number of hydrogen-bond acceptors (Lipinski definition) is 2. The third kappa shape index (κ3) is 3.35. The normalized spacial score (nSPS) is 13.5. The second kappa shape index (κ2) is 5.44. The summed E-state index contributed by atoms with van der Waals surface area (Å²) in [5.74, 6) is 0.733. The average Bonchev–Trinajstić information content (AvgIpc) is 2.88. The molecule has 2 N–H and O–H groups in total. The summed E-state index contributed by atoms with van der Waals surface area (Å²) in [5.41, 5.74) is -0.0431. The lowest BCUT2D eigenvalue weighted by Gasteiger charge is -2.17. The molecule has 0 aliphatic rings. The van der Waals surface area contributed by atoms with Gasteiger partial charge >= 0.3 is 6.18 Å². The van der Waals surface area contributed by atoms with Crippen molar-refractivity contribution in [2.75, 3.05) is 7.05 Å². The second-order valence-corrected chi connectivity index (χ2v) is 4.20. The van der Waals surface area contributed by atoms with Crippen molar-refractivity contribution in [1.29, 1.82) is 0 Å². The number of aromatic amines is 1. The van der Waals surface area contributed by atoms with Crippen molar-refractivity contribution in [3.05, 3.63) is 53.6 Å². The number of rotatable bonds is 4. The van der Waals surface area contributed by atoms with E-state index in [4.69, 9.17) is 0 Å². The first-order valence-corrected chi connectivity index (χ1v) is 5.83. The Labute approximate surface area is 108 Å². The molecule has 0 fully saturated rings. The quantitative estimate of drug-likeness (QED) is 0.896. The Bertz CT molecular complexity index is 520. The van der Waals surface area contributed by atoms with Gasteiger partial charge in [0.2, 0.25) is 0 Å². The van der Waals surface area contributed by atoms with E-state index in [0.29, 0.717) is 12.0 Å². The summed E-state index contributed by atoms with van der Waals surface area (Å²) in [7, 11) is 1.72. The highest BCUT2D eigenvalue weighted by Gasteiger charge is 2.30. The monoisotopic (exact) mass is 269 g/mol. The van der Waals surface area contributed by atoms with Gasteiger partial charge in [0, 0.05) is 24.9 Å². The van der Waals surface area contributed by atoms with Crippen LogP contribution in [0, 0.1) is 0 Å². The first-order chi connectivity index (χ1) is 9.00. The molecule has 0 saturated heterocycles.